The highest BCUT2D eigenvalue weighted by atomic mass is 79.9. The Morgan fingerprint density at radius 3 is 2.93 bits per heavy atom. The molecular weight excluding hydrogens is 258 g/mol. The Morgan fingerprint density at radius 2 is 2.33 bits per heavy atom. The molecule has 0 radical (unpaired) electrons. The number of rotatable bonds is 3. The second-order valence-corrected chi connectivity index (χ2v) is 3.72. The molecule has 0 bridgehead atoms. The average Bonchev–Trinajstić information content (AvgIpc) is 2.20. The smallest absolute Gasteiger partial charge is 0.330 e. The van der Waals surface area contributed by atoms with E-state index in [9.17, 15) is 4.79 Å². The number of benzene rings is 1. The minimum absolute atomic E-state index is 0.348. The van der Waals surface area contributed by atoms with Gasteiger partial charge in [-0.05, 0) is 46.6 Å². The summed E-state index contributed by atoms with van der Waals surface area (Å²) in [7, 11) is 0. The minimum Gasteiger partial charge on any atom is -0.463 e. The summed E-state index contributed by atoms with van der Waals surface area (Å²) in [5.74, 6) is -0.348. The van der Waals surface area contributed by atoms with Crippen molar-refractivity contribution >= 4 is 33.7 Å². The number of ether oxygens (including phenoxy) is 1. The molecule has 4 heteroatoms. The summed E-state index contributed by atoms with van der Waals surface area (Å²) < 4.78 is 5.59. The molecular formula is C11H12BrNO2. The largest absolute Gasteiger partial charge is 0.463 e. The number of hydrogen-bond donors (Lipinski definition) is 1. The quantitative estimate of drug-likeness (QED) is 0.522. The zero-order chi connectivity index (χ0) is 11.3. The Kier molecular flexibility index (Phi) is 4.37. The van der Waals surface area contributed by atoms with Crippen molar-refractivity contribution in [2.75, 3.05) is 12.3 Å². The fourth-order valence-corrected chi connectivity index (χ4v) is 1.27. The third-order valence-corrected chi connectivity index (χ3v) is 2.44. The number of carbonyl (C=O) groups is 1. The van der Waals surface area contributed by atoms with E-state index in [2.05, 4.69) is 15.9 Å². The Morgan fingerprint density at radius 1 is 1.60 bits per heavy atom. The first-order valence-corrected chi connectivity index (χ1v) is 5.32. The van der Waals surface area contributed by atoms with Gasteiger partial charge in [0.15, 0.2) is 0 Å². The van der Waals surface area contributed by atoms with E-state index in [0.29, 0.717) is 12.3 Å². The molecule has 0 aromatic heterocycles. The summed E-state index contributed by atoms with van der Waals surface area (Å²) in [6.07, 6.45) is 3.05. The number of anilines is 1. The predicted molar refractivity (Wildman–Crippen MR) is 64.2 cm³/mol. The van der Waals surface area contributed by atoms with E-state index >= 15 is 0 Å². The van der Waals surface area contributed by atoms with E-state index in [4.69, 9.17) is 10.5 Å². The molecule has 0 fully saturated rings. The van der Waals surface area contributed by atoms with E-state index in [0.717, 1.165) is 10.0 Å². The van der Waals surface area contributed by atoms with Crippen LogP contribution in [0.5, 0.6) is 0 Å². The van der Waals surface area contributed by atoms with E-state index in [1.165, 1.54) is 6.08 Å². The first-order chi connectivity index (χ1) is 7.13. The lowest BCUT2D eigenvalue weighted by atomic mass is 10.2. The fourth-order valence-electron chi connectivity index (χ4n) is 1.02. The van der Waals surface area contributed by atoms with Crippen molar-refractivity contribution < 1.29 is 9.53 Å². The molecule has 2 N–H and O–H groups in total. The van der Waals surface area contributed by atoms with Crippen LogP contribution in [0.15, 0.2) is 28.7 Å². The molecule has 0 atom stereocenters. The van der Waals surface area contributed by atoms with Crippen LogP contribution in [0.25, 0.3) is 6.08 Å². The van der Waals surface area contributed by atoms with Crippen molar-refractivity contribution in [1.29, 1.82) is 0 Å². The van der Waals surface area contributed by atoms with Crippen LogP contribution < -0.4 is 5.73 Å². The maximum absolute atomic E-state index is 11.0. The zero-order valence-electron chi connectivity index (χ0n) is 8.37. The highest BCUT2D eigenvalue weighted by molar-refractivity contribution is 9.10. The first-order valence-electron chi connectivity index (χ1n) is 4.53. The van der Waals surface area contributed by atoms with Gasteiger partial charge in [0.05, 0.1) is 6.61 Å². The van der Waals surface area contributed by atoms with Gasteiger partial charge >= 0.3 is 5.97 Å². The van der Waals surface area contributed by atoms with Gasteiger partial charge in [0.2, 0.25) is 0 Å². The van der Waals surface area contributed by atoms with Crippen LogP contribution in [0.4, 0.5) is 5.69 Å². The monoisotopic (exact) mass is 269 g/mol. The number of nitrogen functional groups attached to an aromatic ring is 1. The predicted octanol–water partition coefficient (Wildman–Crippen LogP) is 2.61. The summed E-state index contributed by atoms with van der Waals surface area (Å²) in [5, 5.41) is 0. The van der Waals surface area contributed by atoms with Gasteiger partial charge in [-0.2, -0.15) is 0 Å². The number of nitrogens with two attached hydrogens (primary N) is 1. The molecule has 0 aliphatic rings. The Bertz CT molecular complexity index is 388. The summed E-state index contributed by atoms with van der Waals surface area (Å²) >= 11 is 3.29. The van der Waals surface area contributed by atoms with Gasteiger partial charge in [0, 0.05) is 16.2 Å². The molecule has 0 saturated heterocycles. The van der Waals surface area contributed by atoms with Crippen LogP contribution in [0.2, 0.25) is 0 Å². The molecule has 0 amide bonds. The molecule has 0 saturated carbocycles. The molecule has 0 spiro atoms. The van der Waals surface area contributed by atoms with Crippen molar-refractivity contribution in [3.8, 4) is 0 Å². The third kappa shape index (κ3) is 3.75. The maximum Gasteiger partial charge on any atom is 0.330 e. The summed E-state index contributed by atoms with van der Waals surface area (Å²) in [6.45, 7) is 2.15. The summed E-state index contributed by atoms with van der Waals surface area (Å²) in [4.78, 5) is 11.0. The van der Waals surface area contributed by atoms with Gasteiger partial charge in [-0.25, -0.2) is 4.79 Å². The Balaban J connectivity index is 2.72. The number of esters is 1. The maximum atomic E-state index is 11.0. The molecule has 0 unspecified atom stereocenters. The molecule has 80 valence electrons. The van der Waals surface area contributed by atoms with Crippen molar-refractivity contribution in [2.45, 2.75) is 6.92 Å². The fraction of sp³-hybridized carbons (Fsp3) is 0.182. The van der Waals surface area contributed by atoms with Gasteiger partial charge in [-0.1, -0.05) is 6.07 Å². The van der Waals surface area contributed by atoms with E-state index in [-0.39, 0.29) is 5.97 Å². The van der Waals surface area contributed by atoms with Crippen LogP contribution in [0.3, 0.4) is 0 Å². The van der Waals surface area contributed by atoms with Gasteiger partial charge < -0.3 is 10.5 Å². The highest BCUT2D eigenvalue weighted by Gasteiger charge is 1.97. The summed E-state index contributed by atoms with van der Waals surface area (Å²) in [5.41, 5.74) is 7.19. The average molecular weight is 270 g/mol. The molecule has 1 rings (SSSR count). The Hall–Kier alpha value is -1.29. The molecule has 1 aromatic carbocycles. The van der Waals surface area contributed by atoms with E-state index < -0.39 is 0 Å². The Labute approximate surface area is 97.0 Å². The highest BCUT2D eigenvalue weighted by Crippen LogP contribution is 2.20. The van der Waals surface area contributed by atoms with Gasteiger partial charge in [-0.15, -0.1) is 0 Å². The zero-order valence-corrected chi connectivity index (χ0v) is 9.95. The number of hydrogen-bond acceptors (Lipinski definition) is 3. The molecule has 1 aromatic rings. The first kappa shape index (κ1) is 11.8. The summed E-state index contributed by atoms with van der Waals surface area (Å²) in [6, 6.07) is 5.47. The number of halogens is 1. The van der Waals surface area contributed by atoms with Gasteiger partial charge in [0.25, 0.3) is 0 Å². The molecule has 15 heavy (non-hydrogen) atoms. The lowest BCUT2D eigenvalue weighted by Crippen LogP contribution is -1.98. The second-order valence-electron chi connectivity index (χ2n) is 2.87. The SMILES string of the molecule is CCOC(=O)/C=C/c1ccc(Br)c(N)c1. The van der Waals surface area contributed by atoms with Crippen molar-refractivity contribution in [1.82, 2.24) is 0 Å². The van der Waals surface area contributed by atoms with Crippen molar-refractivity contribution in [3.05, 3.63) is 34.3 Å². The minimum atomic E-state index is -0.348. The lowest BCUT2D eigenvalue weighted by molar-refractivity contribution is -0.137. The standard InChI is InChI=1S/C11H12BrNO2/c1-2-15-11(14)6-4-8-3-5-9(12)10(13)7-8/h3-7H,2,13H2,1H3/b6-4+. The molecule has 0 heterocycles. The number of carbonyl (C=O) groups excluding carboxylic acids is 1. The van der Waals surface area contributed by atoms with Crippen LogP contribution in [-0.2, 0) is 9.53 Å². The van der Waals surface area contributed by atoms with Crippen molar-refractivity contribution in [2.24, 2.45) is 0 Å². The molecule has 0 aliphatic heterocycles. The van der Waals surface area contributed by atoms with Gasteiger partial charge in [0.1, 0.15) is 0 Å². The van der Waals surface area contributed by atoms with Crippen molar-refractivity contribution in [3.63, 3.8) is 0 Å². The topological polar surface area (TPSA) is 52.3 Å². The van der Waals surface area contributed by atoms with Crippen LogP contribution in [0, 0.1) is 0 Å². The van der Waals surface area contributed by atoms with Crippen LogP contribution >= 0.6 is 15.9 Å². The van der Waals surface area contributed by atoms with E-state index in [1.807, 2.05) is 12.1 Å². The lowest BCUT2D eigenvalue weighted by Gasteiger charge is -1.99. The molecule has 3 nitrogen and oxygen atoms in total. The molecule has 0 aliphatic carbocycles. The van der Waals surface area contributed by atoms with E-state index in [1.54, 1.807) is 19.1 Å². The van der Waals surface area contributed by atoms with Gasteiger partial charge in [-0.3, -0.25) is 0 Å². The normalized spacial score (nSPS) is 10.5. The van der Waals surface area contributed by atoms with Crippen LogP contribution in [0.1, 0.15) is 12.5 Å². The second kappa shape index (κ2) is 5.56. The van der Waals surface area contributed by atoms with Crippen LogP contribution in [-0.4, -0.2) is 12.6 Å². The third-order valence-electron chi connectivity index (χ3n) is 1.72.